The molecular formula is C20H23N3O4. The topological polar surface area (TPSA) is 91.7 Å². The summed E-state index contributed by atoms with van der Waals surface area (Å²) in [5.74, 6) is 0.600. The number of nitrogens with one attached hydrogen (secondary N) is 2. The van der Waals surface area contributed by atoms with Gasteiger partial charge in [0.1, 0.15) is 18.1 Å². The van der Waals surface area contributed by atoms with Gasteiger partial charge in [-0.05, 0) is 56.3 Å². The first kappa shape index (κ1) is 20.0. The predicted octanol–water partition coefficient (Wildman–Crippen LogP) is 3.05. The molecule has 2 aromatic rings. The van der Waals surface area contributed by atoms with Crippen molar-refractivity contribution in [3.05, 3.63) is 54.0 Å². The standard InChI is InChI=1S/C20H23N3O4/c1-4-23(20(26)12-11-18-10-5-14(2)27-18)13-19(25)22-17-8-6-16(7-9-17)21-15(3)24/h5-12H,4,13H2,1-3H3,(H,21,24)(H,22,25). The number of hydrogen-bond donors (Lipinski definition) is 2. The zero-order valence-corrected chi connectivity index (χ0v) is 15.6. The van der Waals surface area contributed by atoms with Crippen molar-refractivity contribution in [3.8, 4) is 0 Å². The summed E-state index contributed by atoms with van der Waals surface area (Å²) in [4.78, 5) is 36.9. The maximum atomic E-state index is 12.3. The van der Waals surface area contributed by atoms with E-state index in [9.17, 15) is 14.4 Å². The molecule has 0 aliphatic carbocycles. The van der Waals surface area contributed by atoms with Crippen molar-refractivity contribution in [1.29, 1.82) is 0 Å². The van der Waals surface area contributed by atoms with Gasteiger partial charge in [-0.1, -0.05) is 0 Å². The number of carbonyl (C=O) groups is 3. The van der Waals surface area contributed by atoms with E-state index < -0.39 is 0 Å². The number of anilines is 2. The molecule has 7 heteroatoms. The molecule has 2 rings (SSSR count). The Bertz CT molecular complexity index is 837. The van der Waals surface area contributed by atoms with Crippen LogP contribution < -0.4 is 10.6 Å². The Morgan fingerprint density at radius 1 is 1.04 bits per heavy atom. The van der Waals surface area contributed by atoms with Gasteiger partial charge in [-0.2, -0.15) is 0 Å². The van der Waals surface area contributed by atoms with Crippen LogP contribution in [0, 0.1) is 6.92 Å². The maximum absolute atomic E-state index is 12.3. The molecule has 0 fully saturated rings. The molecule has 7 nitrogen and oxygen atoms in total. The van der Waals surface area contributed by atoms with E-state index in [-0.39, 0.29) is 24.3 Å². The Hall–Kier alpha value is -3.35. The lowest BCUT2D eigenvalue weighted by atomic mass is 10.2. The highest BCUT2D eigenvalue weighted by atomic mass is 16.3. The summed E-state index contributed by atoms with van der Waals surface area (Å²) in [6.45, 7) is 5.38. The molecule has 0 radical (unpaired) electrons. The van der Waals surface area contributed by atoms with Gasteiger partial charge >= 0.3 is 0 Å². The van der Waals surface area contributed by atoms with Crippen LogP contribution in [0.25, 0.3) is 6.08 Å². The van der Waals surface area contributed by atoms with E-state index in [1.54, 1.807) is 43.3 Å². The fraction of sp³-hybridized carbons (Fsp3) is 0.250. The molecule has 1 aromatic heterocycles. The highest BCUT2D eigenvalue weighted by Crippen LogP contribution is 2.13. The quantitative estimate of drug-likeness (QED) is 0.734. The Morgan fingerprint density at radius 2 is 1.67 bits per heavy atom. The van der Waals surface area contributed by atoms with Crippen LogP contribution in [0.2, 0.25) is 0 Å². The van der Waals surface area contributed by atoms with Crippen molar-refractivity contribution in [3.63, 3.8) is 0 Å². The minimum absolute atomic E-state index is 0.0652. The molecule has 0 saturated carbocycles. The summed E-state index contributed by atoms with van der Waals surface area (Å²) < 4.78 is 5.38. The van der Waals surface area contributed by atoms with Crippen LogP contribution in [0.3, 0.4) is 0 Å². The van der Waals surface area contributed by atoms with Gasteiger partial charge in [-0.25, -0.2) is 0 Å². The molecule has 0 aliphatic rings. The minimum atomic E-state index is -0.306. The first-order valence-corrected chi connectivity index (χ1v) is 8.58. The third-order valence-electron chi connectivity index (χ3n) is 3.67. The van der Waals surface area contributed by atoms with E-state index in [0.717, 1.165) is 5.76 Å². The average Bonchev–Trinajstić information content (AvgIpc) is 3.04. The van der Waals surface area contributed by atoms with Gasteiger partial charge in [0.2, 0.25) is 17.7 Å². The SMILES string of the molecule is CCN(CC(=O)Nc1ccc(NC(C)=O)cc1)C(=O)C=Cc1ccc(C)o1. The Labute approximate surface area is 158 Å². The van der Waals surface area contributed by atoms with E-state index in [4.69, 9.17) is 4.42 Å². The molecule has 1 heterocycles. The fourth-order valence-corrected chi connectivity index (χ4v) is 2.36. The van der Waals surface area contributed by atoms with Gasteiger partial charge in [0.05, 0.1) is 0 Å². The van der Waals surface area contributed by atoms with Crippen LogP contribution in [0.1, 0.15) is 25.4 Å². The summed E-state index contributed by atoms with van der Waals surface area (Å²) in [7, 11) is 0. The Balaban J connectivity index is 1.90. The normalized spacial score (nSPS) is 10.6. The number of nitrogens with zero attached hydrogens (tertiary/aromatic N) is 1. The van der Waals surface area contributed by atoms with Crippen molar-refractivity contribution >= 4 is 35.2 Å². The monoisotopic (exact) mass is 369 g/mol. The van der Waals surface area contributed by atoms with Crippen LogP contribution in [0.5, 0.6) is 0 Å². The molecular weight excluding hydrogens is 346 g/mol. The van der Waals surface area contributed by atoms with E-state index in [1.165, 1.54) is 17.9 Å². The van der Waals surface area contributed by atoms with Crippen LogP contribution in [-0.4, -0.2) is 35.7 Å². The molecule has 0 bridgehead atoms. The van der Waals surface area contributed by atoms with Gasteiger partial charge in [0.15, 0.2) is 0 Å². The second kappa shape index (κ2) is 9.38. The zero-order valence-electron chi connectivity index (χ0n) is 15.6. The first-order valence-electron chi connectivity index (χ1n) is 8.58. The van der Waals surface area contributed by atoms with E-state index in [0.29, 0.717) is 23.7 Å². The van der Waals surface area contributed by atoms with Crippen molar-refractivity contribution in [2.75, 3.05) is 23.7 Å². The van der Waals surface area contributed by atoms with Crippen LogP contribution >= 0.6 is 0 Å². The molecule has 0 atom stereocenters. The number of benzene rings is 1. The summed E-state index contributed by atoms with van der Waals surface area (Å²) in [6.07, 6.45) is 2.97. The largest absolute Gasteiger partial charge is 0.462 e. The molecule has 0 saturated heterocycles. The Morgan fingerprint density at radius 3 is 2.19 bits per heavy atom. The van der Waals surface area contributed by atoms with Gasteiger partial charge in [0.25, 0.3) is 0 Å². The van der Waals surface area contributed by atoms with Crippen molar-refractivity contribution < 1.29 is 18.8 Å². The number of likely N-dealkylation sites (N-methyl/N-ethyl adjacent to an activating group) is 1. The fourth-order valence-electron chi connectivity index (χ4n) is 2.36. The highest BCUT2D eigenvalue weighted by Gasteiger charge is 2.13. The average molecular weight is 369 g/mol. The van der Waals surface area contributed by atoms with Gasteiger partial charge < -0.3 is 20.0 Å². The molecule has 0 unspecified atom stereocenters. The highest BCUT2D eigenvalue weighted by molar-refractivity contribution is 5.98. The molecule has 1 aromatic carbocycles. The second-order valence-corrected chi connectivity index (χ2v) is 5.94. The second-order valence-electron chi connectivity index (χ2n) is 5.94. The molecule has 0 aliphatic heterocycles. The van der Waals surface area contributed by atoms with Crippen LogP contribution in [0.15, 0.2) is 46.9 Å². The third kappa shape index (κ3) is 6.47. The lowest BCUT2D eigenvalue weighted by Crippen LogP contribution is -2.36. The summed E-state index contributed by atoms with van der Waals surface area (Å²) >= 11 is 0. The molecule has 2 N–H and O–H groups in total. The molecule has 3 amide bonds. The number of carbonyl (C=O) groups excluding carboxylic acids is 3. The van der Waals surface area contributed by atoms with Crippen molar-refractivity contribution in [2.24, 2.45) is 0 Å². The molecule has 0 spiro atoms. The van der Waals surface area contributed by atoms with Gasteiger partial charge in [-0.3, -0.25) is 14.4 Å². The van der Waals surface area contributed by atoms with Gasteiger partial charge in [0, 0.05) is 30.9 Å². The lowest BCUT2D eigenvalue weighted by molar-refractivity contribution is -0.130. The maximum Gasteiger partial charge on any atom is 0.247 e. The van der Waals surface area contributed by atoms with Crippen molar-refractivity contribution in [2.45, 2.75) is 20.8 Å². The van der Waals surface area contributed by atoms with Crippen molar-refractivity contribution in [1.82, 2.24) is 4.90 Å². The zero-order chi connectivity index (χ0) is 19.8. The van der Waals surface area contributed by atoms with E-state index in [1.807, 2.05) is 13.0 Å². The smallest absolute Gasteiger partial charge is 0.247 e. The number of amides is 3. The Kier molecular flexibility index (Phi) is 6.93. The first-order chi connectivity index (χ1) is 12.9. The van der Waals surface area contributed by atoms with E-state index in [2.05, 4.69) is 10.6 Å². The lowest BCUT2D eigenvalue weighted by Gasteiger charge is -2.18. The van der Waals surface area contributed by atoms with E-state index >= 15 is 0 Å². The summed E-state index contributed by atoms with van der Waals surface area (Å²) in [5, 5.41) is 5.38. The minimum Gasteiger partial charge on any atom is -0.462 e. The summed E-state index contributed by atoms with van der Waals surface area (Å²) in [5.41, 5.74) is 1.23. The number of aryl methyl sites for hydroxylation is 1. The van der Waals surface area contributed by atoms with Crippen LogP contribution in [0.4, 0.5) is 11.4 Å². The number of rotatable bonds is 7. The molecule has 142 valence electrons. The molecule has 27 heavy (non-hydrogen) atoms. The van der Waals surface area contributed by atoms with Gasteiger partial charge in [-0.15, -0.1) is 0 Å². The summed E-state index contributed by atoms with van der Waals surface area (Å²) in [6, 6.07) is 10.3. The number of hydrogen-bond acceptors (Lipinski definition) is 4. The number of furan rings is 1. The predicted molar refractivity (Wildman–Crippen MR) is 104 cm³/mol. The third-order valence-corrected chi connectivity index (χ3v) is 3.67. The van der Waals surface area contributed by atoms with Crippen LogP contribution in [-0.2, 0) is 14.4 Å².